The van der Waals surface area contributed by atoms with E-state index in [1.807, 2.05) is 35.7 Å². The molecule has 1 aliphatic heterocycles. The van der Waals surface area contributed by atoms with Crippen LogP contribution in [-0.2, 0) is 4.79 Å². The third kappa shape index (κ3) is 1.96. The zero-order valence-electron chi connectivity index (χ0n) is 8.94. The maximum atomic E-state index is 11.6. The first-order valence-electron chi connectivity index (χ1n) is 5.37. The number of halogens is 1. The van der Waals surface area contributed by atoms with E-state index in [1.165, 1.54) is 4.88 Å². The monoisotopic (exact) mass is 263 g/mol. The van der Waals surface area contributed by atoms with Crippen LogP contribution in [0.2, 0.25) is 5.02 Å². The van der Waals surface area contributed by atoms with E-state index in [-0.39, 0.29) is 11.8 Å². The fraction of sp³-hybridized carbons (Fsp3) is 0.154. The maximum Gasteiger partial charge on any atom is 0.225 e. The predicted octanol–water partition coefficient (Wildman–Crippen LogP) is 3.88. The van der Waals surface area contributed by atoms with Crippen molar-refractivity contribution < 1.29 is 4.79 Å². The molecular weight excluding hydrogens is 254 g/mol. The molecule has 1 aromatic carbocycles. The number of amides is 1. The summed E-state index contributed by atoms with van der Waals surface area (Å²) in [4.78, 5) is 12.9. The molecule has 1 amide bonds. The summed E-state index contributed by atoms with van der Waals surface area (Å²) in [6.07, 6.45) is 0.509. The minimum absolute atomic E-state index is 0.0795. The Bertz CT molecular complexity index is 561. The molecular formula is C13H10ClNOS. The Morgan fingerprint density at radius 3 is 2.76 bits per heavy atom. The van der Waals surface area contributed by atoms with Gasteiger partial charge >= 0.3 is 0 Å². The zero-order valence-corrected chi connectivity index (χ0v) is 10.5. The molecule has 3 rings (SSSR count). The van der Waals surface area contributed by atoms with Crippen LogP contribution in [0.15, 0.2) is 35.7 Å². The van der Waals surface area contributed by atoms with E-state index in [9.17, 15) is 4.79 Å². The minimum Gasteiger partial charge on any atom is -0.325 e. The summed E-state index contributed by atoms with van der Waals surface area (Å²) in [7, 11) is 0. The molecule has 2 nitrogen and oxygen atoms in total. The molecule has 0 aliphatic carbocycles. The predicted molar refractivity (Wildman–Crippen MR) is 70.9 cm³/mol. The second-order valence-corrected chi connectivity index (χ2v) is 5.44. The number of benzene rings is 1. The van der Waals surface area contributed by atoms with E-state index >= 15 is 0 Å². The van der Waals surface area contributed by atoms with Crippen molar-refractivity contribution in [2.45, 2.75) is 12.3 Å². The number of carbonyl (C=O) groups excluding carboxylic acids is 1. The van der Waals surface area contributed by atoms with Crippen LogP contribution in [-0.4, -0.2) is 5.91 Å². The highest BCUT2D eigenvalue weighted by Crippen LogP contribution is 2.40. The topological polar surface area (TPSA) is 29.1 Å². The molecule has 1 aliphatic rings. The molecule has 17 heavy (non-hydrogen) atoms. The summed E-state index contributed by atoms with van der Waals surface area (Å²) in [6.45, 7) is 0. The maximum absolute atomic E-state index is 11.6. The van der Waals surface area contributed by atoms with E-state index in [4.69, 9.17) is 11.6 Å². The lowest BCUT2D eigenvalue weighted by atomic mass is 9.91. The minimum atomic E-state index is 0.0795. The van der Waals surface area contributed by atoms with Gasteiger partial charge in [0.2, 0.25) is 5.91 Å². The van der Waals surface area contributed by atoms with Gasteiger partial charge in [0.05, 0.1) is 5.69 Å². The first kappa shape index (κ1) is 10.8. The van der Waals surface area contributed by atoms with E-state index in [0.29, 0.717) is 6.42 Å². The molecule has 2 aromatic rings. The molecule has 0 radical (unpaired) electrons. The highest BCUT2D eigenvalue weighted by molar-refractivity contribution is 7.10. The lowest BCUT2D eigenvalue weighted by molar-refractivity contribution is -0.116. The first-order valence-corrected chi connectivity index (χ1v) is 6.62. The Labute approximate surface area is 108 Å². The number of hydrogen-bond donors (Lipinski definition) is 1. The Hall–Kier alpha value is -1.32. The summed E-state index contributed by atoms with van der Waals surface area (Å²) in [5, 5.41) is 5.63. The molecule has 4 heteroatoms. The zero-order chi connectivity index (χ0) is 11.8. The summed E-state index contributed by atoms with van der Waals surface area (Å²) < 4.78 is 0. The van der Waals surface area contributed by atoms with E-state index in [1.54, 1.807) is 11.3 Å². The van der Waals surface area contributed by atoms with Gasteiger partial charge in [0.1, 0.15) is 0 Å². The highest BCUT2D eigenvalue weighted by atomic mass is 35.5. The molecule has 0 saturated heterocycles. The largest absolute Gasteiger partial charge is 0.325 e. The number of anilines is 1. The number of hydrogen-bond acceptors (Lipinski definition) is 2. The third-order valence-corrected chi connectivity index (χ3v) is 4.23. The van der Waals surface area contributed by atoms with Gasteiger partial charge in [-0.25, -0.2) is 0 Å². The molecule has 0 spiro atoms. The lowest BCUT2D eigenvalue weighted by Crippen LogP contribution is -2.21. The Morgan fingerprint density at radius 2 is 2.00 bits per heavy atom. The molecule has 1 N–H and O–H groups in total. The summed E-state index contributed by atoms with van der Waals surface area (Å²) in [5.74, 6) is 0.242. The molecule has 2 heterocycles. The van der Waals surface area contributed by atoms with Crippen molar-refractivity contribution in [2.24, 2.45) is 0 Å². The summed E-state index contributed by atoms with van der Waals surface area (Å²) in [6, 6.07) is 9.69. The van der Waals surface area contributed by atoms with Gasteiger partial charge in [-0.3, -0.25) is 4.79 Å². The Balaban J connectivity index is 2.04. The lowest BCUT2D eigenvalue weighted by Gasteiger charge is -2.22. The number of carbonyl (C=O) groups is 1. The van der Waals surface area contributed by atoms with Crippen molar-refractivity contribution >= 4 is 34.5 Å². The Kier molecular flexibility index (Phi) is 2.65. The van der Waals surface area contributed by atoms with Crippen LogP contribution >= 0.6 is 22.9 Å². The number of thiophene rings is 1. The van der Waals surface area contributed by atoms with Crippen LogP contribution in [0.25, 0.3) is 0 Å². The van der Waals surface area contributed by atoms with Crippen molar-refractivity contribution in [1.29, 1.82) is 0 Å². The standard InChI is InChI=1S/C13H10ClNOS/c14-9-3-1-8(2-4-9)10-7-12(16)15-11-5-6-17-13(10)11/h1-6,10H,7H2,(H,15,16). The average molecular weight is 264 g/mol. The highest BCUT2D eigenvalue weighted by Gasteiger charge is 2.27. The second kappa shape index (κ2) is 4.17. The van der Waals surface area contributed by atoms with E-state index < -0.39 is 0 Å². The van der Waals surface area contributed by atoms with Crippen molar-refractivity contribution in [1.82, 2.24) is 0 Å². The molecule has 0 saturated carbocycles. The van der Waals surface area contributed by atoms with Crippen molar-refractivity contribution in [3.63, 3.8) is 0 Å². The fourth-order valence-corrected chi connectivity index (χ4v) is 3.24. The van der Waals surface area contributed by atoms with Gasteiger partial charge < -0.3 is 5.32 Å². The van der Waals surface area contributed by atoms with Crippen molar-refractivity contribution in [3.8, 4) is 0 Å². The van der Waals surface area contributed by atoms with Gasteiger partial charge in [0.25, 0.3) is 0 Å². The fourth-order valence-electron chi connectivity index (χ4n) is 2.14. The van der Waals surface area contributed by atoms with Gasteiger partial charge in [-0.1, -0.05) is 23.7 Å². The van der Waals surface area contributed by atoms with Crippen LogP contribution in [0.5, 0.6) is 0 Å². The average Bonchev–Trinajstić information content (AvgIpc) is 2.77. The van der Waals surface area contributed by atoms with Crippen LogP contribution in [0.1, 0.15) is 22.8 Å². The van der Waals surface area contributed by atoms with Crippen molar-refractivity contribution in [2.75, 3.05) is 5.32 Å². The second-order valence-electron chi connectivity index (χ2n) is 4.05. The van der Waals surface area contributed by atoms with E-state index in [2.05, 4.69) is 5.32 Å². The van der Waals surface area contributed by atoms with Crippen LogP contribution in [0.3, 0.4) is 0 Å². The number of fused-ring (bicyclic) bond motifs is 1. The smallest absolute Gasteiger partial charge is 0.225 e. The molecule has 0 bridgehead atoms. The molecule has 86 valence electrons. The molecule has 1 aromatic heterocycles. The molecule has 1 atom stereocenters. The van der Waals surface area contributed by atoms with Crippen LogP contribution in [0.4, 0.5) is 5.69 Å². The van der Waals surface area contributed by atoms with Gasteiger partial charge in [-0.05, 0) is 29.1 Å². The van der Waals surface area contributed by atoms with Gasteiger partial charge in [0.15, 0.2) is 0 Å². The van der Waals surface area contributed by atoms with Crippen LogP contribution in [0, 0.1) is 0 Å². The summed E-state index contributed by atoms with van der Waals surface area (Å²) >= 11 is 7.57. The third-order valence-electron chi connectivity index (χ3n) is 2.95. The van der Waals surface area contributed by atoms with Crippen LogP contribution < -0.4 is 5.32 Å². The van der Waals surface area contributed by atoms with Gasteiger partial charge in [-0.2, -0.15) is 0 Å². The quantitative estimate of drug-likeness (QED) is 0.831. The first-order chi connectivity index (χ1) is 8.24. The normalized spacial score (nSPS) is 18.6. The van der Waals surface area contributed by atoms with Gasteiger partial charge in [0, 0.05) is 22.2 Å². The molecule has 1 unspecified atom stereocenters. The van der Waals surface area contributed by atoms with E-state index in [0.717, 1.165) is 16.3 Å². The SMILES string of the molecule is O=C1CC(c2ccc(Cl)cc2)c2sccc2N1. The molecule has 0 fully saturated rings. The van der Waals surface area contributed by atoms with Crippen molar-refractivity contribution in [3.05, 3.63) is 51.2 Å². The Morgan fingerprint density at radius 1 is 1.24 bits per heavy atom. The number of nitrogens with one attached hydrogen (secondary N) is 1. The number of rotatable bonds is 1. The van der Waals surface area contributed by atoms with Gasteiger partial charge in [-0.15, -0.1) is 11.3 Å². The summed E-state index contributed by atoms with van der Waals surface area (Å²) in [5.41, 5.74) is 2.10.